The number of nitrogens with zero attached hydrogens (tertiary/aromatic N) is 2. The lowest BCUT2D eigenvalue weighted by molar-refractivity contribution is -0.111. The van der Waals surface area contributed by atoms with E-state index in [0.29, 0.717) is 5.82 Å². The number of aromatic nitrogens is 3. The maximum atomic E-state index is 11.4. The highest BCUT2D eigenvalue weighted by Crippen LogP contribution is 2.09. The number of anilines is 1. The third kappa shape index (κ3) is 2.77. The zero-order chi connectivity index (χ0) is 11.4. The highest BCUT2D eigenvalue weighted by atomic mass is 32.1. The minimum atomic E-state index is -0.213. The van der Waals surface area contributed by atoms with Gasteiger partial charge in [0.1, 0.15) is 5.82 Å². The normalized spacial score (nSPS) is 10.8. The fraction of sp³-hybridized carbons (Fsp3) is 0.100. The van der Waals surface area contributed by atoms with Crippen molar-refractivity contribution in [3.8, 4) is 0 Å². The van der Waals surface area contributed by atoms with Crippen LogP contribution in [-0.2, 0) is 4.79 Å². The summed E-state index contributed by atoms with van der Waals surface area (Å²) in [7, 11) is 0. The Kier molecular flexibility index (Phi) is 3.11. The molecule has 16 heavy (non-hydrogen) atoms. The van der Waals surface area contributed by atoms with E-state index in [-0.39, 0.29) is 5.91 Å². The van der Waals surface area contributed by atoms with Crippen molar-refractivity contribution in [3.63, 3.8) is 0 Å². The number of amides is 1. The first-order valence-electron chi connectivity index (χ1n) is 4.64. The van der Waals surface area contributed by atoms with Crippen molar-refractivity contribution in [1.29, 1.82) is 0 Å². The van der Waals surface area contributed by atoms with Crippen molar-refractivity contribution in [2.75, 3.05) is 5.32 Å². The van der Waals surface area contributed by atoms with Gasteiger partial charge in [0.2, 0.25) is 5.91 Å². The topological polar surface area (TPSA) is 70.7 Å². The Morgan fingerprint density at radius 1 is 1.62 bits per heavy atom. The Morgan fingerprint density at radius 2 is 2.50 bits per heavy atom. The minimum absolute atomic E-state index is 0.213. The Bertz CT molecular complexity index is 501. The van der Waals surface area contributed by atoms with Crippen LogP contribution in [0, 0.1) is 6.92 Å². The Morgan fingerprint density at radius 3 is 3.12 bits per heavy atom. The number of carbonyl (C=O) groups excluding carboxylic acids is 1. The van der Waals surface area contributed by atoms with Crippen LogP contribution in [0.1, 0.15) is 10.7 Å². The standard InChI is InChI=1S/C10H10N4OS/c1-7-12-8(6-16-7)2-3-10(15)13-9-4-5-11-14-9/h2-6H,1H3,(H2,11,13,14,15)/b3-2+. The zero-order valence-electron chi connectivity index (χ0n) is 8.60. The van der Waals surface area contributed by atoms with Gasteiger partial charge in [-0.2, -0.15) is 5.10 Å². The summed E-state index contributed by atoms with van der Waals surface area (Å²) in [5, 5.41) is 11.9. The monoisotopic (exact) mass is 234 g/mol. The van der Waals surface area contributed by atoms with Crippen LogP contribution >= 0.6 is 11.3 Å². The summed E-state index contributed by atoms with van der Waals surface area (Å²) in [5.41, 5.74) is 0.794. The maximum Gasteiger partial charge on any atom is 0.249 e. The van der Waals surface area contributed by atoms with Gasteiger partial charge in [-0.15, -0.1) is 11.3 Å². The molecule has 0 aliphatic heterocycles. The van der Waals surface area contributed by atoms with Crippen molar-refractivity contribution in [1.82, 2.24) is 15.2 Å². The lowest BCUT2D eigenvalue weighted by Gasteiger charge is -1.95. The smallest absolute Gasteiger partial charge is 0.249 e. The number of thiazole rings is 1. The van der Waals surface area contributed by atoms with Crippen LogP contribution in [0.5, 0.6) is 0 Å². The molecular formula is C10H10N4OS. The third-order valence-corrected chi connectivity index (χ3v) is 2.59. The summed E-state index contributed by atoms with van der Waals surface area (Å²) in [4.78, 5) is 15.6. The van der Waals surface area contributed by atoms with Gasteiger partial charge in [-0.25, -0.2) is 4.98 Å². The maximum absolute atomic E-state index is 11.4. The van der Waals surface area contributed by atoms with E-state index in [2.05, 4.69) is 20.5 Å². The van der Waals surface area contributed by atoms with Gasteiger partial charge in [-0.3, -0.25) is 9.89 Å². The first-order valence-corrected chi connectivity index (χ1v) is 5.52. The molecule has 0 spiro atoms. The first-order chi connectivity index (χ1) is 7.74. The van der Waals surface area contributed by atoms with E-state index in [1.54, 1.807) is 29.7 Å². The first kappa shape index (κ1) is 10.6. The molecule has 0 radical (unpaired) electrons. The summed E-state index contributed by atoms with van der Waals surface area (Å²) in [6, 6.07) is 1.68. The van der Waals surface area contributed by atoms with Crippen molar-refractivity contribution >= 4 is 29.1 Å². The van der Waals surface area contributed by atoms with Crippen molar-refractivity contribution in [2.45, 2.75) is 6.92 Å². The zero-order valence-corrected chi connectivity index (χ0v) is 9.41. The summed E-state index contributed by atoms with van der Waals surface area (Å²) < 4.78 is 0. The number of hydrogen-bond acceptors (Lipinski definition) is 4. The molecule has 0 bridgehead atoms. The largest absolute Gasteiger partial charge is 0.307 e. The molecule has 0 aromatic carbocycles. The summed E-state index contributed by atoms with van der Waals surface area (Å²) >= 11 is 1.55. The number of H-pyrrole nitrogens is 1. The van der Waals surface area contributed by atoms with Crippen molar-refractivity contribution < 1.29 is 4.79 Å². The van der Waals surface area contributed by atoms with Crippen molar-refractivity contribution in [3.05, 3.63) is 34.4 Å². The predicted octanol–water partition coefficient (Wildman–Crippen LogP) is 1.83. The van der Waals surface area contributed by atoms with E-state index in [9.17, 15) is 4.79 Å². The molecule has 0 saturated heterocycles. The van der Waals surface area contributed by atoms with Gasteiger partial charge < -0.3 is 5.32 Å². The average molecular weight is 234 g/mol. The molecule has 82 valence electrons. The molecule has 0 unspecified atom stereocenters. The Labute approximate surface area is 96.2 Å². The number of nitrogens with one attached hydrogen (secondary N) is 2. The molecule has 2 aromatic heterocycles. The second-order valence-electron chi connectivity index (χ2n) is 3.08. The number of aryl methyl sites for hydroxylation is 1. The van der Waals surface area contributed by atoms with Gasteiger partial charge in [0.05, 0.1) is 16.9 Å². The molecule has 2 aromatic rings. The lowest BCUT2D eigenvalue weighted by Crippen LogP contribution is -2.07. The summed E-state index contributed by atoms with van der Waals surface area (Å²) in [6.45, 7) is 1.92. The van der Waals surface area contributed by atoms with Crippen LogP contribution in [0.15, 0.2) is 23.7 Å². The number of rotatable bonds is 3. The Balaban J connectivity index is 1.94. The summed E-state index contributed by atoms with van der Waals surface area (Å²) in [5.74, 6) is 0.360. The van der Waals surface area contributed by atoms with Crippen LogP contribution in [0.25, 0.3) is 6.08 Å². The van der Waals surface area contributed by atoms with Crippen LogP contribution < -0.4 is 5.32 Å². The molecule has 5 nitrogen and oxygen atoms in total. The molecule has 0 saturated carbocycles. The molecule has 2 rings (SSSR count). The van der Waals surface area contributed by atoms with Crippen LogP contribution in [0.2, 0.25) is 0 Å². The van der Waals surface area contributed by atoms with Gasteiger partial charge in [0.25, 0.3) is 0 Å². The van der Waals surface area contributed by atoms with E-state index >= 15 is 0 Å². The molecule has 1 amide bonds. The quantitative estimate of drug-likeness (QED) is 0.796. The van der Waals surface area contributed by atoms with Gasteiger partial charge in [-0.1, -0.05) is 0 Å². The third-order valence-electron chi connectivity index (χ3n) is 1.80. The highest BCUT2D eigenvalue weighted by Gasteiger charge is 1.98. The molecule has 0 atom stereocenters. The predicted molar refractivity (Wildman–Crippen MR) is 63.1 cm³/mol. The van der Waals surface area contributed by atoms with Crippen LogP contribution in [-0.4, -0.2) is 21.1 Å². The Hall–Kier alpha value is -1.95. The average Bonchev–Trinajstić information content (AvgIpc) is 2.87. The minimum Gasteiger partial charge on any atom is -0.307 e. The van der Waals surface area contributed by atoms with Crippen molar-refractivity contribution in [2.24, 2.45) is 0 Å². The van der Waals surface area contributed by atoms with Crippen LogP contribution in [0.3, 0.4) is 0 Å². The van der Waals surface area contributed by atoms with E-state index < -0.39 is 0 Å². The second-order valence-corrected chi connectivity index (χ2v) is 4.15. The van der Waals surface area contributed by atoms with Crippen LogP contribution in [0.4, 0.5) is 5.82 Å². The van der Waals surface area contributed by atoms with E-state index in [1.807, 2.05) is 12.3 Å². The van der Waals surface area contributed by atoms with Gasteiger partial charge in [0, 0.05) is 17.5 Å². The highest BCUT2D eigenvalue weighted by molar-refractivity contribution is 7.09. The fourth-order valence-corrected chi connectivity index (χ4v) is 1.70. The van der Waals surface area contributed by atoms with E-state index in [0.717, 1.165) is 10.7 Å². The SMILES string of the molecule is Cc1nc(/C=C/C(=O)Nc2ccn[nH]2)cs1. The van der Waals surface area contributed by atoms with E-state index in [1.165, 1.54) is 6.08 Å². The molecule has 0 fully saturated rings. The molecular weight excluding hydrogens is 224 g/mol. The number of aromatic amines is 1. The summed E-state index contributed by atoms with van der Waals surface area (Å²) in [6.07, 6.45) is 4.69. The molecule has 2 N–H and O–H groups in total. The number of hydrogen-bond donors (Lipinski definition) is 2. The van der Waals surface area contributed by atoms with E-state index in [4.69, 9.17) is 0 Å². The molecule has 6 heteroatoms. The lowest BCUT2D eigenvalue weighted by atomic mass is 10.4. The molecule has 2 heterocycles. The fourth-order valence-electron chi connectivity index (χ4n) is 1.12. The molecule has 0 aliphatic carbocycles. The molecule has 0 aliphatic rings. The van der Waals surface area contributed by atoms with Gasteiger partial charge in [0.15, 0.2) is 0 Å². The van der Waals surface area contributed by atoms with Gasteiger partial charge >= 0.3 is 0 Å². The van der Waals surface area contributed by atoms with Gasteiger partial charge in [-0.05, 0) is 13.0 Å². The number of carbonyl (C=O) groups is 1. The second kappa shape index (κ2) is 4.71.